The van der Waals surface area contributed by atoms with E-state index >= 15 is 0 Å². The minimum Gasteiger partial charge on any atom is -0.317 e. The normalized spacial score (nSPS) is 11.5. The van der Waals surface area contributed by atoms with E-state index in [0.717, 1.165) is 19.0 Å². The van der Waals surface area contributed by atoms with Crippen LogP contribution in [-0.4, -0.2) is 25.7 Å². The minimum absolute atomic E-state index is 0.621. The quantitative estimate of drug-likeness (QED) is 0.567. The predicted molar refractivity (Wildman–Crippen MR) is 60.1 cm³/mol. The maximum absolute atomic E-state index is 3.45. The average molecular weight is 186 g/mol. The molecule has 0 aromatic rings. The van der Waals surface area contributed by atoms with Gasteiger partial charge in [0.1, 0.15) is 0 Å². The van der Waals surface area contributed by atoms with Crippen LogP contribution in [-0.2, 0) is 0 Å². The van der Waals surface area contributed by atoms with Gasteiger partial charge in [-0.15, -0.1) is 0 Å². The Morgan fingerprint density at radius 1 is 0.923 bits per heavy atom. The van der Waals surface area contributed by atoms with Crippen molar-refractivity contribution in [2.45, 2.75) is 46.6 Å². The van der Waals surface area contributed by atoms with Crippen molar-refractivity contribution in [3.8, 4) is 0 Å². The molecule has 0 atom stereocenters. The molecule has 0 aliphatic rings. The molecule has 0 aliphatic carbocycles. The van der Waals surface area contributed by atoms with Crippen LogP contribution >= 0.6 is 0 Å². The fourth-order valence-corrected chi connectivity index (χ4v) is 1.12. The first kappa shape index (κ1) is 12.9. The molecular formula is C11H26N2. The van der Waals surface area contributed by atoms with Gasteiger partial charge in [0.05, 0.1) is 0 Å². The zero-order chi connectivity index (χ0) is 10.1. The Kier molecular flexibility index (Phi) is 8.46. The average Bonchev–Trinajstić information content (AvgIpc) is 2.01. The summed E-state index contributed by atoms with van der Waals surface area (Å²) in [5.41, 5.74) is 0. The molecular weight excluding hydrogens is 160 g/mol. The lowest BCUT2D eigenvalue weighted by atomic mass is 10.1. The second-order valence-electron chi connectivity index (χ2n) is 4.39. The van der Waals surface area contributed by atoms with E-state index in [1.807, 2.05) is 0 Å². The van der Waals surface area contributed by atoms with Gasteiger partial charge in [0.2, 0.25) is 0 Å². The van der Waals surface area contributed by atoms with Gasteiger partial charge >= 0.3 is 0 Å². The number of nitrogens with one attached hydrogen (secondary N) is 2. The molecule has 0 unspecified atom stereocenters. The molecule has 80 valence electrons. The van der Waals surface area contributed by atoms with Crippen molar-refractivity contribution in [1.82, 2.24) is 10.6 Å². The highest BCUT2D eigenvalue weighted by molar-refractivity contribution is 4.55. The lowest BCUT2D eigenvalue weighted by Gasteiger charge is -2.09. The van der Waals surface area contributed by atoms with Gasteiger partial charge in [-0.25, -0.2) is 0 Å². The Morgan fingerprint density at radius 2 is 1.62 bits per heavy atom. The van der Waals surface area contributed by atoms with Crippen molar-refractivity contribution >= 4 is 0 Å². The zero-order valence-electron chi connectivity index (χ0n) is 9.69. The van der Waals surface area contributed by atoms with Crippen LogP contribution in [0.15, 0.2) is 0 Å². The fourth-order valence-electron chi connectivity index (χ4n) is 1.12. The smallest absolute Gasteiger partial charge is 0.00103 e. The van der Waals surface area contributed by atoms with Gasteiger partial charge in [-0.1, -0.05) is 27.7 Å². The summed E-state index contributed by atoms with van der Waals surface area (Å²) in [5, 5.41) is 6.86. The molecule has 2 N–H and O–H groups in total. The maximum Gasteiger partial charge on any atom is 0.00103 e. The SMILES string of the molecule is CC(C)CCNCCCNC(C)C. The van der Waals surface area contributed by atoms with Crippen molar-refractivity contribution in [1.29, 1.82) is 0 Å². The predicted octanol–water partition coefficient (Wildman–Crippen LogP) is 2.01. The molecule has 0 spiro atoms. The zero-order valence-corrected chi connectivity index (χ0v) is 9.69. The van der Waals surface area contributed by atoms with E-state index in [9.17, 15) is 0 Å². The summed E-state index contributed by atoms with van der Waals surface area (Å²) in [4.78, 5) is 0. The largest absolute Gasteiger partial charge is 0.317 e. The first-order valence-corrected chi connectivity index (χ1v) is 5.57. The van der Waals surface area contributed by atoms with Crippen LogP contribution in [0.1, 0.15) is 40.5 Å². The highest BCUT2D eigenvalue weighted by Crippen LogP contribution is 1.95. The summed E-state index contributed by atoms with van der Waals surface area (Å²) in [5.74, 6) is 0.821. The minimum atomic E-state index is 0.621. The van der Waals surface area contributed by atoms with Crippen molar-refractivity contribution in [3.05, 3.63) is 0 Å². The van der Waals surface area contributed by atoms with Gasteiger partial charge in [0.25, 0.3) is 0 Å². The Morgan fingerprint density at radius 3 is 2.15 bits per heavy atom. The van der Waals surface area contributed by atoms with Gasteiger partial charge < -0.3 is 10.6 Å². The Labute approximate surface area is 83.5 Å². The van der Waals surface area contributed by atoms with Crippen LogP contribution in [0.5, 0.6) is 0 Å². The van der Waals surface area contributed by atoms with Crippen LogP contribution in [0, 0.1) is 5.92 Å². The van der Waals surface area contributed by atoms with E-state index in [0.29, 0.717) is 6.04 Å². The highest BCUT2D eigenvalue weighted by Gasteiger charge is 1.93. The summed E-state index contributed by atoms with van der Waals surface area (Å²) in [7, 11) is 0. The van der Waals surface area contributed by atoms with Crippen LogP contribution in [0.2, 0.25) is 0 Å². The summed E-state index contributed by atoms with van der Waals surface area (Å²) >= 11 is 0. The van der Waals surface area contributed by atoms with E-state index in [2.05, 4.69) is 38.3 Å². The van der Waals surface area contributed by atoms with Gasteiger partial charge in [0, 0.05) is 6.04 Å². The third-order valence-corrected chi connectivity index (χ3v) is 1.98. The molecule has 2 nitrogen and oxygen atoms in total. The summed E-state index contributed by atoms with van der Waals surface area (Å²) in [6.07, 6.45) is 2.52. The summed E-state index contributed by atoms with van der Waals surface area (Å²) in [6, 6.07) is 0.621. The molecule has 2 heteroatoms. The van der Waals surface area contributed by atoms with Crippen LogP contribution in [0.3, 0.4) is 0 Å². The third-order valence-electron chi connectivity index (χ3n) is 1.98. The molecule has 0 aromatic heterocycles. The van der Waals surface area contributed by atoms with Crippen LogP contribution in [0.4, 0.5) is 0 Å². The molecule has 0 aromatic carbocycles. The van der Waals surface area contributed by atoms with E-state index < -0.39 is 0 Å². The van der Waals surface area contributed by atoms with Gasteiger partial charge in [-0.05, 0) is 38.4 Å². The van der Waals surface area contributed by atoms with E-state index in [-0.39, 0.29) is 0 Å². The van der Waals surface area contributed by atoms with Gasteiger partial charge in [0.15, 0.2) is 0 Å². The molecule has 0 saturated heterocycles. The van der Waals surface area contributed by atoms with E-state index in [4.69, 9.17) is 0 Å². The van der Waals surface area contributed by atoms with Crippen LogP contribution in [0.25, 0.3) is 0 Å². The third kappa shape index (κ3) is 11.9. The second kappa shape index (κ2) is 8.52. The van der Waals surface area contributed by atoms with Crippen molar-refractivity contribution in [2.75, 3.05) is 19.6 Å². The molecule has 13 heavy (non-hydrogen) atoms. The second-order valence-corrected chi connectivity index (χ2v) is 4.39. The Hall–Kier alpha value is -0.0800. The van der Waals surface area contributed by atoms with E-state index in [1.54, 1.807) is 0 Å². The molecule has 0 heterocycles. The number of hydrogen-bond donors (Lipinski definition) is 2. The lowest BCUT2D eigenvalue weighted by Crippen LogP contribution is -2.27. The van der Waals surface area contributed by atoms with Crippen molar-refractivity contribution in [3.63, 3.8) is 0 Å². The molecule has 0 radical (unpaired) electrons. The highest BCUT2D eigenvalue weighted by atomic mass is 14.9. The maximum atomic E-state index is 3.45. The number of hydrogen-bond acceptors (Lipinski definition) is 2. The van der Waals surface area contributed by atoms with E-state index in [1.165, 1.54) is 19.4 Å². The summed E-state index contributed by atoms with van der Waals surface area (Å²) in [6.45, 7) is 12.3. The fraction of sp³-hybridized carbons (Fsp3) is 1.00. The molecule has 0 amide bonds. The molecule has 0 bridgehead atoms. The first-order chi connectivity index (χ1) is 6.13. The topological polar surface area (TPSA) is 24.1 Å². The molecule has 0 aliphatic heterocycles. The molecule has 0 fully saturated rings. The van der Waals surface area contributed by atoms with Crippen molar-refractivity contribution < 1.29 is 0 Å². The Bertz CT molecular complexity index is 88.3. The molecule has 0 rings (SSSR count). The first-order valence-electron chi connectivity index (χ1n) is 5.57. The van der Waals surface area contributed by atoms with Gasteiger partial charge in [-0.2, -0.15) is 0 Å². The standard InChI is InChI=1S/C11H26N2/c1-10(2)6-9-12-7-5-8-13-11(3)4/h10-13H,5-9H2,1-4H3. The van der Waals surface area contributed by atoms with Crippen LogP contribution < -0.4 is 10.6 Å². The lowest BCUT2D eigenvalue weighted by molar-refractivity contribution is 0.512. The monoisotopic (exact) mass is 186 g/mol. The number of rotatable bonds is 8. The Balaban J connectivity index is 2.92. The molecule has 0 saturated carbocycles. The summed E-state index contributed by atoms with van der Waals surface area (Å²) < 4.78 is 0. The van der Waals surface area contributed by atoms with Gasteiger partial charge in [-0.3, -0.25) is 0 Å². The van der Waals surface area contributed by atoms with Crippen molar-refractivity contribution in [2.24, 2.45) is 5.92 Å².